The molecule has 15 heteroatoms. The van der Waals surface area contributed by atoms with E-state index in [0.717, 1.165) is 25.7 Å². The maximum absolute atomic E-state index is 10.3. The van der Waals surface area contributed by atoms with Crippen molar-refractivity contribution >= 4 is 107 Å². The molecule has 0 heterocycles. The minimum atomic E-state index is -4.61. The van der Waals surface area contributed by atoms with Crippen LogP contribution < -0.4 is 0 Å². The first kappa shape index (κ1) is 64.7. The van der Waals surface area contributed by atoms with E-state index in [9.17, 15) is 4.79 Å². The van der Waals surface area contributed by atoms with Gasteiger partial charge in [0.25, 0.3) is 0 Å². The van der Waals surface area contributed by atoms with Gasteiger partial charge in [0.15, 0.2) is 0 Å². The van der Waals surface area contributed by atoms with E-state index in [1.165, 1.54) is 44.9 Å². The van der Waals surface area contributed by atoms with Crippen LogP contribution in [0.1, 0.15) is 95.4 Å². The second kappa shape index (κ2) is 50.7. The topological polar surface area (TPSA) is 244 Å². The van der Waals surface area contributed by atoms with Gasteiger partial charge in [0.1, 0.15) is 0 Å². The Morgan fingerprint density at radius 3 is 1.36 bits per heavy atom. The Kier molecular flexibility index (Phi) is 99.4. The Labute approximate surface area is 275 Å². The molecule has 0 unspecified atom stereocenters. The van der Waals surface area contributed by atoms with Crippen LogP contribution in [0.4, 0.5) is 0 Å². The molecular weight excluding hydrogens is 501 g/mol. The van der Waals surface area contributed by atoms with E-state index >= 15 is 0 Å². The maximum Gasteiger partial charge on any atom is 2.00 e. The first-order chi connectivity index (χ1) is 11.8. The molecule has 0 aliphatic rings. The summed E-state index contributed by atoms with van der Waals surface area (Å²) in [6.07, 6.45) is 22.3. The largest absolute Gasteiger partial charge is 2.00 e. The molecule has 0 aliphatic heterocycles. The second-order valence-electron chi connectivity index (χ2n) is 5.97. The molecule has 0 spiro atoms. The second-order valence-corrected chi connectivity index (χ2v) is 7.17. The number of carbonyl (C=O) groups is 1. The molecule has 10 nitrogen and oxygen atoms in total. The predicted molar refractivity (Wildman–Crippen MR) is 148 cm³/mol. The molecule has 0 atom stereocenters. The number of aliphatic carboxylic acids is 1. The van der Waals surface area contributed by atoms with Crippen LogP contribution in [-0.4, -0.2) is 153 Å². The maximum atomic E-state index is 10.3. The first-order valence-corrected chi connectivity index (χ1v) is 11.0. The molecule has 0 bridgehead atoms. The van der Waals surface area contributed by atoms with E-state index in [1.54, 1.807) is 0 Å². The van der Waals surface area contributed by atoms with E-state index in [4.69, 9.17) is 24.3 Å². The Bertz CT molecular complexity index is 398. The average molecular weight is 554 g/mol. The smallest absolute Gasteiger partial charge is 1.00 e. The molecule has 0 aromatic heterocycles. The van der Waals surface area contributed by atoms with Crippen LogP contribution in [0.15, 0.2) is 24.3 Å². The molecular formula is C18H52Mg4O10Si. The monoisotopic (exact) mass is 552 g/mol. The van der Waals surface area contributed by atoms with Gasteiger partial charge >= 0.3 is 107 Å². The van der Waals surface area contributed by atoms with Crippen molar-refractivity contribution in [1.82, 2.24) is 0 Å². The van der Waals surface area contributed by atoms with E-state index in [0.29, 0.717) is 6.42 Å². The molecule has 0 aromatic rings. The van der Waals surface area contributed by atoms with Crippen LogP contribution in [0.3, 0.4) is 0 Å². The fourth-order valence-corrected chi connectivity index (χ4v) is 2.09. The van der Waals surface area contributed by atoms with Crippen molar-refractivity contribution in [3.63, 3.8) is 0 Å². The van der Waals surface area contributed by atoms with Crippen LogP contribution in [0.25, 0.3) is 0 Å². The van der Waals surface area contributed by atoms with Crippen LogP contribution in [-0.2, 0) is 4.79 Å². The molecule has 0 radical (unpaired) electrons. The summed E-state index contributed by atoms with van der Waals surface area (Å²) in [4.78, 5) is 39.6. The molecule has 0 aliphatic carbocycles. The summed E-state index contributed by atoms with van der Waals surface area (Å²) in [7, 11) is -4.61. The SMILES string of the molecule is CCCCC/C=C\C/C=C\CCCCCCCC(=O)O.O.O.O.O.O[Si](O)(O)O.[H-].[H-].[H-].[H-].[H-].[H-].[H-].[H-].[Mg+2].[Mg+2].[Mg+2].[Mg+2]. The molecule has 0 saturated carbocycles. The van der Waals surface area contributed by atoms with Gasteiger partial charge in [0, 0.05) is 6.42 Å². The number of carboxylic acids is 1. The normalized spacial score (nSPS) is 8.88. The van der Waals surface area contributed by atoms with Gasteiger partial charge in [-0.2, -0.15) is 0 Å². The van der Waals surface area contributed by atoms with E-state index in [-0.39, 0.29) is 126 Å². The summed E-state index contributed by atoms with van der Waals surface area (Å²) in [5.41, 5.74) is 0. The zero-order valence-corrected chi connectivity index (χ0v) is 26.9. The molecule has 0 amide bonds. The minimum absolute atomic E-state index is 0. The number of allylic oxidation sites excluding steroid dienone is 4. The molecule has 196 valence electrons. The summed E-state index contributed by atoms with van der Waals surface area (Å²) in [6.45, 7) is 2.23. The van der Waals surface area contributed by atoms with Gasteiger partial charge < -0.3 is 57.6 Å². The summed E-state index contributed by atoms with van der Waals surface area (Å²) < 4.78 is 0. The van der Waals surface area contributed by atoms with Crippen molar-refractivity contribution in [2.45, 2.75) is 84.0 Å². The predicted octanol–water partition coefficient (Wildman–Crippen LogP) is -0.646. The molecule has 0 aromatic carbocycles. The number of carboxylic acid groups (broad SMARTS) is 1. The molecule has 0 saturated heterocycles. The van der Waals surface area contributed by atoms with Gasteiger partial charge in [-0.3, -0.25) is 4.79 Å². The third-order valence-corrected chi connectivity index (χ3v) is 3.34. The third kappa shape index (κ3) is 96.6. The van der Waals surface area contributed by atoms with Crippen molar-refractivity contribution in [2.24, 2.45) is 0 Å². The summed E-state index contributed by atoms with van der Waals surface area (Å²) >= 11 is 0. The fraction of sp³-hybridized carbons (Fsp3) is 0.722. The summed E-state index contributed by atoms with van der Waals surface area (Å²) in [5.74, 6) is -0.671. The molecule has 0 fully saturated rings. The molecule has 13 N–H and O–H groups in total. The zero-order chi connectivity index (χ0) is 19.4. The third-order valence-electron chi connectivity index (χ3n) is 3.34. The summed E-state index contributed by atoms with van der Waals surface area (Å²) in [6, 6.07) is 0. The van der Waals surface area contributed by atoms with Gasteiger partial charge in [0.2, 0.25) is 0 Å². The quantitative estimate of drug-likeness (QED) is 0.106. The number of rotatable bonds is 14. The van der Waals surface area contributed by atoms with Crippen LogP contribution in [0.5, 0.6) is 0 Å². The van der Waals surface area contributed by atoms with E-state index in [1.807, 2.05) is 0 Å². The van der Waals surface area contributed by atoms with Gasteiger partial charge in [-0.25, -0.2) is 0 Å². The first-order valence-electron chi connectivity index (χ1n) is 9.18. The van der Waals surface area contributed by atoms with Crippen molar-refractivity contribution in [3.05, 3.63) is 24.3 Å². The van der Waals surface area contributed by atoms with E-state index in [2.05, 4.69) is 31.2 Å². The average Bonchev–Trinajstić information content (AvgIpc) is 2.49. The van der Waals surface area contributed by atoms with Crippen molar-refractivity contribution in [1.29, 1.82) is 0 Å². The van der Waals surface area contributed by atoms with Gasteiger partial charge in [0.05, 0.1) is 0 Å². The van der Waals surface area contributed by atoms with Crippen LogP contribution in [0, 0.1) is 0 Å². The number of hydrogen-bond donors (Lipinski definition) is 5. The van der Waals surface area contributed by atoms with E-state index < -0.39 is 15.0 Å². The van der Waals surface area contributed by atoms with Crippen molar-refractivity contribution in [2.75, 3.05) is 0 Å². The fourth-order valence-electron chi connectivity index (χ4n) is 2.09. The minimum Gasteiger partial charge on any atom is -1.00 e. The standard InChI is InChI=1S/C18H32O2.4Mg.H4O4Si.4H2O.8H/c1-2-3-4-5-6-7-8-9-10-11-12-13-14-15-16-17-18(19)20;;;;;1-5(2,3)4;;;;;;;;;;;;/h6-7,9-10H,2-5,8,11-17H2,1H3,(H,19,20);;;;;1-4H;4*1H2;;;;;;;;/q;4*+2;;;;;;8*-1/b7-6-,10-9-;;;;;;;;;;;;;;;;;. The van der Waals surface area contributed by atoms with Gasteiger partial charge in [-0.05, 0) is 38.5 Å². The Morgan fingerprint density at radius 2 is 1.00 bits per heavy atom. The Morgan fingerprint density at radius 1 is 0.667 bits per heavy atom. The Hall–Kier alpha value is 1.91. The summed E-state index contributed by atoms with van der Waals surface area (Å²) in [5, 5.41) is 8.50. The van der Waals surface area contributed by atoms with Crippen LogP contribution >= 0.6 is 0 Å². The van der Waals surface area contributed by atoms with Gasteiger partial charge in [-0.1, -0.05) is 63.3 Å². The van der Waals surface area contributed by atoms with Crippen molar-refractivity contribution in [3.8, 4) is 0 Å². The molecule has 33 heavy (non-hydrogen) atoms. The number of unbranched alkanes of at least 4 members (excludes halogenated alkanes) is 8. The van der Waals surface area contributed by atoms with Crippen LogP contribution in [0.2, 0.25) is 0 Å². The zero-order valence-electron chi connectivity index (χ0n) is 28.3. The van der Waals surface area contributed by atoms with Gasteiger partial charge in [-0.15, -0.1) is 0 Å². The Balaban J connectivity index is -0.0000000146. The number of hydrogen-bond acceptors (Lipinski definition) is 5. The van der Waals surface area contributed by atoms with Crippen molar-refractivity contribution < 1.29 is 62.4 Å². The molecule has 0 rings (SSSR count).